The highest BCUT2D eigenvalue weighted by atomic mass is 17.3. The zero-order chi connectivity index (χ0) is 27.0. The maximum atomic E-state index is 12.5. The molecule has 39 heavy (non-hydrogen) atoms. The van der Waals surface area contributed by atoms with Gasteiger partial charge in [-0.15, -0.1) is 0 Å². The smallest absolute Gasteiger partial charge is 0.201 e. The van der Waals surface area contributed by atoms with E-state index in [1.807, 2.05) is 55.5 Å². The van der Waals surface area contributed by atoms with Crippen LogP contribution in [0.5, 0.6) is 5.75 Å². The van der Waals surface area contributed by atoms with E-state index in [1.165, 1.54) is 0 Å². The molecule has 2 aromatic carbocycles. The summed E-state index contributed by atoms with van der Waals surface area (Å²) in [6.07, 6.45) is 6.47. The lowest BCUT2D eigenvalue weighted by molar-refractivity contribution is -0.577. The monoisotopic (exact) mass is 534 g/mol. The Hall–Kier alpha value is -2.55. The van der Waals surface area contributed by atoms with Crippen LogP contribution in [-0.2, 0) is 24.0 Å². The topological polar surface area (TPSA) is 72.5 Å². The molecule has 8 atom stereocenters. The minimum Gasteiger partial charge on any atom is -0.491 e. The Labute approximate surface area is 230 Å². The molecule has 4 heterocycles. The van der Waals surface area contributed by atoms with Crippen LogP contribution in [0, 0.1) is 23.7 Å². The molecule has 0 amide bonds. The maximum Gasteiger partial charge on any atom is 0.201 e. The molecular formula is C32H38O7. The Morgan fingerprint density at radius 1 is 0.974 bits per heavy atom. The molecule has 208 valence electrons. The molecule has 5 aliphatic rings. The highest BCUT2D eigenvalue weighted by molar-refractivity contribution is 6.06. The third-order valence-electron chi connectivity index (χ3n) is 9.10. The fraction of sp³-hybridized carbons (Fsp3) is 0.531. The molecule has 7 heteroatoms. The second kappa shape index (κ2) is 10.8. The van der Waals surface area contributed by atoms with Gasteiger partial charge in [0.1, 0.15) is 12.4 Å². The number of hydrogen-bond acceptors (Lipinski definition) is 7. The first-order valence-electron chi connectivity index (χ1n) is 14.2. The van der Waals surface area contributed by atoms with Crippen LogP contribution in [0.25, 0.3) is 6.08 Å². The van der Waals surface area contributed by atoms with Crippen LogP contribution in [0.2, 0.25) is 0 Å². The fourth-order valence-corrected chi connectivity index (χ4v) is 6.93. The predicted molar refractivity (Wildman–Crippen MR) is 145 cm³/mol. The molecule has 1 saturated carbocycles. The first kappa shape index (κ1) is 26.7. The van der Waals surface area contributed by atoms with Gasteiger partial charge in [0, 0.05) is 23.8 Å². The molecule has 0 N–H and O–H groups in total. The van der Waals surface area contributed by atoms with E-state index in [1.54, 1.807) is 18.2 Å². The summed E-state index contributed by atoms with van der Waals surface area (Å²) in [5.41, 5.74) is 1.02. The third-order valence-corrected chi connectivity index (χ3v) is 9.10. The average molecular weight is 535 g/mol. The first-order chi connectivity index (χ1) is 18.9. The lowest BCUT2D eigenvalue weighted by Crippen LogP contribution is -2.70. The second-order valence-electron chi connectivity index (χ2n) is 11.6. The van der Waals surface area contributed by atoms with Crippen molar-refractivity contribution in [2.24, 2.45) is 23.7 Å². The van der Waals surface area contributed by atoms with Gasteiger partial charge in [-0.3, -0.25) is 4.79 Å². The SMILES string of the molecule is C[C@H]1[C@@H](OCCOc2ccc(C(=O)/C=C/c3ccccc3)cc2)O[C@@H]2O[C@]3(C)CC[C@H]4[C@H](C)CC[C@@H]1[C@@]24OO3. The summed E-state index contributed by atoms with van der Waals surface area (Å²) in [6, 6.07) is 16.9. The average Bonchev–Trinajstić information content (AvgIpc) is 3.19. The summed E-state index contributed by atoms with van der Waals surface area (Å²) in [6.45, 7) is 7.16. The van der Waals surface area contributed by atoms with Crippen molar-refractivity contribution in [3.8, 4) is 5.75 Å². The normalized spacial score (nSPS) is 37.3. The summed E-state index contributed by atoms with van der Waals surface area (Å²) in [4.78, 5) is 24.6. The Morgan fingerprint density at radius 3 is 2.56 bits per heavy atom. The Kier molecular flexibility index (Phi) is 7.37. The van der Waals surface area contributed by atoms with Gasteiger partial charge in [0.25, 0.3) is 0 Å². The lowest BCUT2D eigenvalue weighted by atomic mass is 9.58. The number of allylic oxidation sites excluding steroid dienone is 1. The van der Waals surface area contributed by atoms with Gasteiger partial charge >= 0.3 is 0 Å². The van der Waals surface area contributed by atoms with Gasteiger partial charge in [-0.05, 0) is 73.9 Å². The van der Waals surface area contributed by atoms with Crippen LogP contribution >= 0.6 is 0 Å². The van der Waals surface area contributed by atoms with E-state index in [2.05, 4.69) is 13.8 Å². The Balaban J connectivity index is 1.03. The summed E-state index contributed by atoms with van der Waals surface area (Å²) in [5, 5.41) is 0. The van der Waals surface area contributed by atoms with Crippen LogP contribution in [0.3, 0.4) is 0 Å². The minimum atomic E-state index is -0.795. The van der Waals surface area contributed by atoms with Crippen molar-refractivity contribution < 1.29 is 33.5 Å². The number of ketones is 1. The first-order valence-corrected chi connectivity index (χ1v) is 14.2. The van der Waals surface area contributed by atoms with E-state index in [9.17, 15) is 4.79 Å². The molecular weight excluding hydrogens is 496 g/mol. The lowest BCUT2D eigenvalue weighted by Gasteiger charge is -2.60. The van der Waals surface area contributed by atoms with E-state index in [4.69, 9.17) is 28.7 Å². The van der Waals surface area contributed by atoms with Gasteiger partial charge in [-0.2, -0.15) is 0 Å². The van der Waals surface area contributed by atoms with E-state index in [0.29, 0.717) is 36.4 Å². The van der Waals surface area contributed by atoms with Gasteiger partial charge in [0.15, 0.2) is 24.0 Å². The molecule has 1 aliphatic carbocycles. The van der Waals surface area contributed by atoms with Crippen molar-refractivity contribution in [1.29, 1.82) is 0 Å². The summed E-state index contributed by atoms with van der Waals surface area (Å²) in [5.74, 6) is 1.06. The Bertz CT molecular complexity index is 1180. The van der Waals surface area contributed by atoms with Crippen molar-refractivity contribution in [1.82, 2.24) is 0 Å². The molecule has 2 aromatic rings. The second-order valence-corrected chi connectivity index (χ2v) is 11.6. The number of carbonyl (C=O) groups is 1. The molecule has 7 nitrogen and oxygen atoms in total. The van der Waals surface area contributed by atoms with Crippen molar-refractivity contribution in [3.63, 3.8) is 0 Å². The van der Waals surface area contributed by atoms with Crippen molar-refractivity contribution in [2.75, 3.05) is 13.2 Å². The maximum absolute atomic E-state index is 12.5. The number of hydrogen-bond donors (Lipinski definition) is 0. The molecule has 0 unspecified atom stereocenters. The predicted octanol–water partition coefficient (Wildman–Crippen LogP) is 6.19. The zero-order valence-corrected chi connectivity index (χ0v) is 22.9. The van der Waals surface area contributed by atoms with E-state index in [0.717, 1.165) is 31.2 Å². The number of carbonyl (C=O) groups excluding carboxylic acids is 1. The zero-order valence-electron chi connectivity index (χ0n) is 22.9. The van der Waals surface area contributed by atoms with Gasteiger partial charge in [-0.25, -0.2) is 9.78 Å². The van der Waals surface area contributed by atoms with Crippen molar-refractivity contribution in [3.05, 3.63) is 71.8 Å². The molecule has 4 aliphatic heterocycles. The van der Waals surface area contributed by atoms with Gasteiger partial charge in [-0.1, -0.05) is 50.3 Å². The number of ether oxygens (including phenoxy) is 4. The van der Waals surface area contributed by atoms with Gasteiger partial charge in [0.2, 0.25) is 5.79 Å². The number of rotatable bonds is 8. The molecule has 5 fully saturated rings. The van der Waals surface area contributed by atoms with E-state index >= 15 is 0 Å². The molecule has 1 spiro atoms. The van der Waals surface area contributed by atoms with Crippen LogP contribution < -0.4 is 4.74 Å². The summed E-state index contributed by atoms with van der Waals surface area (Å²) >= 11 is 0. The van der Waals surface area contributed by atoms with Crippen LogP contribution in [-0.4, -0.2) is 43.0 Å². The molecule has 2 bridgehead atoms. The number of fused-ring (bicyclic) bond motifs is 2. The fourth-order valence-electron chi connectivity index (χ4n) is 6.93. The largest absolute Gasteiger partial charge is 0.491 e. The highest BCUT2D eigenvalue weighted by Crippen LogP contribution is 2.60. The van der Waals surface area contributed by atoms with Crippen molar-refractivity contribution >= 4 is 11.9 Å². The van der Waals surface area contributed by atoms with Crippen molar-refractivity contribution in [2.45, 2.75) is 70.4 Å². The summed E-state index contributed by atoms with van der Waals surface area (Å²) in [7, 11) is 0. The molecule has 0 radical (unpaired) electrons. The summed E-state index contributed by atoms with van der Waals surface area (Å²) < 4.78 is 25.0. The molecule has 4 saturated heterocycles. The quantitative estimate of drug-likeness (QED) is 0.173. The van der Waals surface area contributed by atoms with E-state index in [-0.39, 0.29) is 17.6 Å². The van der Waals surface area contributed by atoms with E-state index < -0.39 is 24.0 Å². The number of benzene rings is 2. The molecule has 0 aromatic heterocycles. The van der Waals surface area contributed by atoms with Gasteiger partial charge in [0.05, 0.1) is 6.61 Å². The van der Waals surface area contributed by atoms with Crippen LogP contribution in [0.4, 0.5) is 0 Å². The molecule has 7 rings (SSSR count). The standard InChI is InChI=1S/C32H38O7/c1-21-9-15-27-22(2)29(36-30-32(27)26(21)17-18-31(3,37-30)38-39-32)35-20-19-34-25-13-11-24(12-14-25)28(33)16-10-23-7-5-4-6-8-23/h4-8,10-14,16,21-22,26-27,29-30H,9,15,17-20H2,1-3H3/b16-10+/t21-,22-,26+,27+,29+,30-,31+,32-/m1/s1. The highest BCUT2D eigenvalue weighted by Gasteiger charge is 2.69. The third kappa shape index (κ3) is 5.07. The van der Waals surface area contributed by atoms with Crippen LogP contribution in [0.15, 0.2) is 60.7 Å². The van der Waals surface area contributed by atoms with Crippen LogP contribution in [0.1, 0.15) is 62.4 Å². The minimum absolute atomic E-state index is 0.0491. The van der Waals surface area contributed by atoms with Gasteiger partial charge < -0.3 is 18.9 Å². The Morgan fingerprint density at radius 2 is 1.77 bits per heavy atom.